The third kappa shape index (κ3) is 2.31. The van der Waals surface area contributed by atoms with Crippen molar-refractivity contribution in [1.29, 1.82) is 0 Å². The van der Waals surface area contributed by atoms with Gasteiger partial charge in [0, 0.05) is 12.3 Å². The molecule has 0 aliphatic heterocycles. The van der Waals surface area contributed by atoms with E-state index in [2.05, 4.69) is 13.8 Å². The van der Waals surface area contributed by atoms with Crippen molar-refractivity contribution >= 4 is 5.78 Å². The van der Waals surface area contributed by atoms with Crippen molar-refractivity contribution in [2.75, 3.05) is 0 Å². The lowest BCUT2D eigenvalue weighted by Crippen LogP contribution is -2.28. The van der Waals surface area contributed by atoms with E-state index in [4.69, 9.17) is 0 Å². The number of ketones is 1. The molecule has 0 heterocycles. The predicted molar refractivity (Wildman–Crippen MR) is 52.4 cm³/mol. The number of rotatable bonds is 2. The molecule has 0 amide bonds. The summed E-state index contributed by atoms with van der Waals surface area (Å²) in [6.45, 7) is 8.11. The summed E-state index contributed by atoms with van der Waals surface area (Å²) in [5, 5.41) is 9.81. The maximum Gasteiger partial charge on any atom is 0.139 e. The van der Waals surface area contributed by atoms with Gasteiger partial charge in [-0.3, -0.25) is 4.79 Å². The molecular formula is C11H20O2. The Morgan fingerprint density at radius 3 is 2.31 bits per heavy atom. The van der Waals surface area contributed by atoms with E-state index in [1.54, 1.807) is 0 Å². The minimum absolute atomic E-state index is 0.0949. The summed E-state index contributed by atoms with van der Waals surface area (Å²) in [6, 6.07) is 0. The van der Waals surface area contributed by atoms with Crippen LogP contribution in [0.4, 0.5) is 0 Å². The van der Waals surface area contributed by atoms with E-state index < -0.39 is 6.10 Å². The summed E-state index contributed by atoms with van der Waals surface area (Å²) >= 11 is 0. The Bertz CT molecular complexity index is 206. The van der Waals surface area contributed by atoms with Gasteiger partial charge < -0.3 is 5.11 Å². The van der Waals surface area contributed by atoms with Crippen molar-refractivity contribution in [3.05, 3.63) is 0 Å². The molecule has 0 aromatic heterocycles. The van der Waals surface area contributed by atoms with Gasteiger partial charge in [0.2, 0.25) is 0 Å². The second-order valence-corrected chi connectivity index (χ2v) is 5.35. The fourth-order valence-corrected chi connectivity index (χ4v) is 2.16. The third-order valence-electron chi connectivity index (χ3n) is 2.93. The van der Waals surface area contributed by atoms with E-state index in [-0.39, 0.29) is 23.0 Å². The quantitative estimate of drug-likeness (QED) is 0.712. The SMILES string of the molecule is CC(C)C(O)C1CC(C)(C)CC1=O. The Labute approximate surface area is 80.3 Å². The van der Waals surface area contributed by atoms with Crippen molar-refractivity contribution in [3.8, 4) is 0 Å². The Balaban J connectivity index is 2.68. The Morgan fingerprint density at radius 2 is 2.00 bits per heavy atom. The monoisotopic (exact) mass is 184 g/mol. The molecule has 1 aliphatic carbocycles. The van der Waals surface area contributed by atoms with Gasteiger partial charge in [0.15, 0.2) is 0 Å². The topological polar surface area (TPSA) is 37.3 Å². The summed E-state index contributed by atoms with van der Waals surface area (Å²) in [7, 11) is 0. The van der Waals surface area contributed by atoms with Crippen LogP contribution in [0.5, 0.6) is 0 Å². The highest BCUT2D eigenvalue weighted by molar-refractivity contribution is 5.84. The highest BCUT2D eigenvalue weighted by Gasteiger charge is 2.42. The van der Waals surface area contributed by atoms with Gasteiger partial charge in [-0.15, -0.1) is 0 Å². The molecule has 0 bridgehead atoms. The Morgan fingerprint density at radius 1 is 1.46 bits per heavy atom. The van der Waals surface area contributed by atoms with E-state index in [9.17, 15) is 9.90 Å². The molecule has 13 heavy (non-hydrogen) atoms. The van der Waals surface area contributed by atoms with Crippen LogP contribution >= 0.6 is 0 Å². The molecule has 0 radical (unpaired) electrons. The summed E-state index contributed by atoms with van der Waals surface area (Å²) in [6.07, 6.45) is 1.02. The maximum atomic E-state index is 11.6. The summed E-state index contributed by atoms with van der Waals surface area (Å²) in [5.41, 5.74) is 0.0949. The lowest BCUT2D eigenvalue weighted by Gasteiger charge is -2.22. The highest BCUT2D eigenvalue weighted by Crippen LogP contribution is 2.41. The van der Waals surface area contributed by atoms with Gasteiger partial charge in [-0.2, -0.15) is 0 Å². The molecule has 1 aliphatic rings. The second kappa shape index (κ2) is 3.41. The van der Waals surface area contributed by atoms with Crippen molar-refractivity contribution in [3.63, 3.8) is 0 Å². The van der Waals surface area contributed by atoms with Crippen LogP contribution < -0.4 is 0 Å². The molecule has 2 heteroatoms. The molecule has 2 nitrogen and oxygen atoms in total. The van der Waals surface area contributed by atoms with Crippen LogP contribution in [0.2, 0.25) is 0 Å². The van der Waals surface area contributed by atoms with Crippen molar-refractivity contribution in [2.24, 2.45) is 17.3 Å². The van der Waals surface area contributed by atoms with Crippen LogP contribution in [0.1, 0.15) is 40.5 Å². The van der Waals surface area contributed by atoms with Crippen molar-refractivity contribution in [2.45, 2.75) is 46.6 Å². The van der Waals surface area contributed by atoms with E-state index in [0.717, 1.165) is 6.42 Å². The smallest absolute Gasteiger partial charge is 0.139 e. The lowest BCUT2D eigenvalue weighted by atomic mass is 9.86. The van der Waals surface area contributed by atoms with E-state index >= 15 is 0 Å². The first kappa shape index (κ1) is 10.7. The Hall–Kier alpha value is -0.370. The largest absolute Gasteiger partial charge is 0.392 e. The number of aliphatic hydroxyl groups excluding tert-OH is 1. The van der Waals surface area contributed by atoms with Crippen LogP contribution in [0.15, 0.2) is 0 Å². The van der Waals surface area contributed by atoms with Gasteiger partial charge in [-0.25, -0.2) is 0 Å². The van der Waals surface area contributed by atoms with Gasteiger partial charge in [-0.05, 0) is 17.8 Å². The molecule has 0 spiro atoms. The van der Waals surface area contributed by atoms with Gasteiger partial charge in [0.05, 0.1) is 6.10 Å². The minimum atomic E-state index is -0.450. The van der Waals surface area contributed by atoms with Crippen molar-refractivity contribution in [1.82, 2.24) is 0 Å². The molecule has 1 saturated carbocycles. The summed E-state index contributed by atoms with van der Waals surface area (Å²) in [4.78, 5) is 11.6. The van der Waals surface area contributed by atoms with Gasteiger partial charge in [0.1, 0.15) is 5.78 Å². The van der Waals surface area contributed by atoms with Gasteiger partial charge in [-0.1, -0.05) is 27.7 Å². The molecule has 1 fully saturated rings. The average molecular weight is 184 g/mol. The first-order chi connectivity index (χ1) is 5.83. The highest BCUT2D eigenvalue weighted by atomic mass is 16.3. The van der Waals surface area contributed by atoms with Gasteiger partial charge in [0.25, 0.3) is 0 Å². The maximum absolute atomic E-state index is 11.6. The average Bonchev–Trinajstić information content (AvgIpc) is 2.22. The zero-order valence-electron chi connectivity index (χ0n) is 9.00. The van der Waals surface area contributed by atoms with Crippen LogP contribution in [-0.4, -0.2) is 17.0 Å². The zero-order chi connectivity index (χ0) is 10.2. The van der Waals surface area contributed by atoms with Crippen LogP contribution in [0.25, 0.3) is 0 Å². The normalized spacial score (nSPS) is 29.7. The standard InChI is InChI=1S/C11H20O2/c1-7(2)10(13)8-5-11(3,4)6-9(8)12/h7-8,10,13H,5-6H2,1-4H3. The second-order valence-electron chi connectivity index (χ2n) is 5.35. The molecule has 0 saturated heterocycles. The molecule has 1 rings (SSSR count). The number of carbonyl (C=O) groups excluding carboxylic acids is 1. The first-order valence-corrected chi connectivity index (χ1v) is 5.04. The summed E-state index contributed by atoms with van der Waals surface area (Å²) < 4.78 is 0. The molecule has 2 unspecified atom stereocenters. The Kier molecular flexibility index (Phi) is 2.81. The summed E-state index contributed by atoms with van der Waals surface area (Å²) in [5.74, 6) is 0.309. The lowest BCUT2D eigenvalue weighted by molar-refractivity contribution is -0.124. The molecule has 0 aromatic rings. The third-order valence-corrected chi connectivity index (χ3v) is 2.93. The minimum Gasteiger partial charge on any atom is -0.392 e. The molecule has 76 valence electrons. The fourth-order valence-electron chi connectivity index (χ4n) is 2.16. The molecule has 2 atom stereocenters. The molecule has 0 aromatic carbocycles. The van der Waals surface area contributed by atoms with Crippen LogP contribution in [0, 0.1) is 17.3 Å². The number of hydrogen-bond acceptors (Lipinski definition) is 2. The van der Waals surface area contributed by atoms with Gasteiger partial charge >= 0.3 is 0 Å². The predicted octanol–water partition coefficient (Wildman–Crippen LogP) is 2.01. The number of hydrogen-bond donors (Lipinski definition) is 1. The number of Topliss-reactive ketones (excluding diaryl/α,β-unsaturated/α-hetero) is 1. The number of aliphatic hydroxyl groups is 1. The van der Waals surface area contributed by atoms with E-state index in [1.165, 1.54) is 0 Å². The van der Waals surface area contributed by atoms with Crippen molar-refractivity contribution < 1.29 is 9.90 Å². The van der Waals surface area contributed by atoms with Crippen LogP contribution in [-0.2, 0) is 4.79 Å². The first-order valence-electron chi connectivity index (χ1n) is 5.04. The number of carbonyl (C=O) groups is 1. The fraction of sp³-hybridized carbons (Fsp3) is 0.909. The van der Waals surface area contributed by atoms with E-state index in [1.807, 2.05) is 13.8 Å². The zero-order valence-corrected chi connectivity index (χ0v) is 9.00. The molecular weight excluding hydrogens is 164 g/mol. The molecule has 1 N–H and O–H groups in total. The van der Waals surface area contributed by atoms with E-state index in [0.29, 0.717) is 6.42 Å². The van der Waals surface area contributed by atoms with Crippen LogP contribution in [0.3, 0.4) is 0 Å².